The summed E-state index contributed by atoms with van der Waals surface area (Å²) in [7, 11) is 1.62. The Hall–Kier alpha value is -2.59. The third-order valence-corrected chi connectivity index (χ3v) is 5.70. The third kappa shape index (κ3) is 3.15. The first-order chi connectivity index (χ1) is 13.1. The van der Waals surface area contributed by atoms with Crippen molar-refractivity contribution in [3.8, 4) is 5.75 Å². The van der Waals surface area contributed by atoms with Crippen molar-refractivity contribution in [3.05, 3.63) is 71.8 Å². The molecule has 4 nitrogen and oxygen atoms in total. The molecule has 2 aromatic rings. The second-order valence-corrected chi connectivity index (χ2v) is 7.35. The highest BCUT2D eigenvalue weighted by Crippen LogP contribution is 2.43. The molecule has 0 radical (unpaired) electrons. The number of hydrogen-bond donors (Lipinski definition) is 1. The lowest BCUT2D eigenvalue weighted by molar-refractivity contribution is -0.150. The fourth-order valence-electron chi connectivity index (χ4n) is 4.28. The lowest BCUT2D eigenvalue weighted by Gasteiger charge is -2.41. The standard InChI is InChI=1S/C23H25NO3/c1-27-20-14-12-17(13-15-20)21-16-23(26,18-8-4-2-5-9-18)24(22(21)25)19-10-6-3-7-11-19/h2,4-5,8-9,12-16,19,26H,3,6-7,10-11H2,1H3. The van der Waals surface area contributed by atoms with Gasteiger partial charge in [-0.3, -0.25) is 9.69 Å². The second-order valence-electron chi connectivity index (χ2n) is 7.35. The first-order valence-corrected chi connectivity index (χ1v) is 9.62. The summed E-state index contributed by atoms with van der Waals surface area (Å²) in [5.74, 6) is 0.644. The van der Waals surface area contributed by atoms with E-state index in [1.165, 1.54) is 6.42 Å². The number of nitrogens with zero attached hydrogens (tertiary/aromatic N) is 1. The monoisotopic (exact) mass is 363 g/mol. The Labute approximate surface area is 160 Å². The molecule has 1 aliphatic heterocycles. The Morgan fingerprint density at radius 2 is 1.67 bits per heavy atom. The Bertz CT molecular complexity index is 838. The van der Waals surface area contributed by atoms with Gasteiger partial charge in [0, 0.05) is 17.2 Å². The van der Waals surface area contributed by atoms with Gasteiger partial charge in [-0.05, 0) is 36.6 Å². The van der Waals surface area contributed by atoms with Crippen LogP contribution in [0.1, 0.15) is 43.2 Å². The zero-order chi connectivity index (χ0) is 18.9. The van der Waals surface area contributed by atoms with E-state index >= 15 is 0 Å². The second kappa shape index (κ2) is 7.20. The minimum Gasteiger partial charge on any atom is -0.497 e. The van der Waals surface area contributed by atoms with E-state index in [0.29, 0.717) is 5.57 Å². The fourth-order valence-corrected chi connectivity index (χ4v) is 4.28. The van der Waals surface area contributed by atoms with E-state index in [1.54, 1.807) is 18.1 Å². The molecule has 1 unspecified atom stereocenters. The van der Waals surface area contributed by atoms with Gasteiger partial charge in [-0.1, -0.05) is 61.7 Å². The molecule has 1 saturated carbocycles. The third-order valence-electron chi connectivity index (χ3n) is 5.70. The summed E-state index contributed by atoms with van der Waals surface area (Å²) >= 11 is 0. The molecule has 1 heterocycles. The summed E-state index contributed by atoms with van der Waals surface area (Å²) in [4.78, 5) is 15.1. The topological polar surface area (TPSA) is 49.8 Å². The molecule has 2 aromatic carbocycles. The van der Waals surface area contributed by atoms with Crippen LogP contribution in [-0.2, 0) is 10.5 Å². The molecule has 0 aromatic heterocycles. The van der Waals surface area contributed by atoms with Crippen molar-refractivity contribution in [1.82, 2.24) is 4.90 Å². The van der Waals surface area contributed by atoms with Gasteiger partial charge in [0.15, 0.2) is 5.72 Å². The van der Waals surface area contributed by atoms with Crippen molar-refractivity contribution in [1.29, 1.82) is 0 Å². The largest absolute Gasteiger partial charge is 0.497 e. The lowest BCUT2D eigenvalue weighted by Crippen LogP contribution is -2.50. The summed E-state index contributed by atoms with van der Waals surface area (Å²) in [5, 5.41) is 11.7. The lowest BCUT2D eigenvalue weighted by atomic mass is 9.91. The SMILES string of the molecule is COc1ccc(C2=CC(O)(c3ccccc3)N(C3CCCCC3)C2=O)cc1. The number of hydrogen-bond acceptors (Lipinski definition) is 3. The van der Waals surface area contributed by atoms with E-state index in [2.05, 4.69) is 0 Å². The molecule has 27 heavy (non-hydrogen) atoms. The molecule has 2 aliphatic rings. The van der Waals surface area contributed by atoms with Gasteiger partial charge in [0.2, 0.25) is 0 Å². The van der Waals surface area contributed by atoms with Crippen molar-refractivity contribution in [3.63, 3.8) is 0 Å². The van der Waals surface area contributed by atoms with Crippen LogP contribution in [0.4, 0.5) is 0 Å². The van der Waals surface area contributed by atoms with E-state index in [9.17, 15) is 9.90 Å². The molecular weight excluding hydrogens is 338 g/mol. The molecule has 1 aliphatic carbocycles. The van der Waals surface area contributed by atoms with Crippen molar-refractivity contribution in [2.24, 2.45) is 0 Å². The average molecular weight is 363 g/mol. The predicted molar refractivity (Wildman–Crippen MR) is 105 cm³/mol. The summed E-state index contributed by atoms with van der Waals surface area (Å²) in [6.45, 7) is 0. The van der Waals surface area contributed by atoms with Crippen molar-refractivity contribution < 1.29 is 14.6 Å². The molecule has 1 amide bonds. The number of amides is 1. The van der Waals surface area contributed by atoms with Crippen LogP contribution in [-0.4, -0.2) is 29.1 Å². The highest BCUT2D eigenvalue weighted by molar-refractivity contribution is 6.22. The van der Waals surface area contributed by atoms with Gasteiger partial charge in [0.05, 0.1) is 7.11 Å². The fraction of sp³-hybridized carbons (Fsp3) is 0.348. The summed E-state index contributed by atoms with van der Waals surface area (Å²) in [6.07, 6.45) is 6.98. The quantitative estimate of drug-likeness (QED) is 0.890. The van der Waals surface area contributed by atoms with Crippen molar-refractivity contribution in [2.75, 3.05) is 7.11 Å². The van der Waals surface area contributed by atoms with Crippen molar-refractivity contribution >= 4 is 11.5 Å². The normalized spacial score (nSPS) is 23.4. The zero-order valence-electron chi connectivity index (χ0n) is 15.6. The average Bonchev–Trinajstić information content (AvgIpc) is 3.01. The maximum absolute atomic E-state index is 13.4. The first kappa shape index (κ1) is 17.8. The van der Waals surface area contributed by atoms with Crippen LogP contribution >= 0.6 is 0 Å². The molecule has 4 heteroatoms. The van der Waals surface area contributed by atoms with E-state index < -0.39 is 5.72 Å². The van der Waals surface area contributed by atoms with Gasteiger partial charge in [-0.2, -0.15) is 0 Å². The number of methoxy groups -OCH3 is 1. The number of rotatable bonds is 4. The maximum atomic E-state index is 13.4. The number of carbonyl (C=O) groups excluding carboxylic acids is 1. The maximum Gasteiger partial charge on any atom is 0.257 e. The van der Waals surface area contributed by atoms with Crippen LogP contribution in [0.3, 0.4) is 0 Å². The number of benzene rings is 2. The number of carbonyl (C=O) groups is 1. The van der Waals surface area contributed by atoms with Gasteiger partial charge >= 0.3 is 0 Å². The van der Waals surface area contributed by atoms with Gasteiger partial charge in [-0.15, -0.1) is 0 Å². The zero-order valence-corrected chi connectivity index (χ0v) is 15.6. The van der Waals surface area contributed by atoms with Crippen LogP contribution in [0.25, 0.3) is 5.57 Å². The van der Waals surface area contributed by atoms with Crippen LogP contribution in [0.2, 0.25) is 0 Å². The van der Waals surface area contributed by atoms with Crippen LogP contribution < -0.4 is 4.74 Å². The molecule has 0 saturated heterocycles. The minimum absolute atomic E-state index is 0.0588. The molecule has 4 rings (SSSR count). The Kier molecular flexibility index (Phi) is 4.75. The number of ether oxygens (including phenoxy) is 1. The molecule has 1 atom stereocenters. The van der Waals surface area contributed by atoms with Gasteiger partial charge in [0.1, 0.15) is 5.75 Å². The first-order valence-electron chi connectivity index (χ1n) is 9.62. The minimum atomic E-state index is -1.41. The van der Waals surface area contributed by atoms with Crippen LogP contribution in [0.5, 0.6) is 5.75 Å². The summed E-state index contributed by atoms with van der Waals surface area (Å²) in [6, 6.07) is 17.0. The Morgan fingerprint density at radius 1 is 1.00 bits per heavy atom. The summed E-state index contributed by atoms with van der Waals surface area (Å²) < 4.78 is 5.22. The molecule has 1 N–H and O–H groups in total. The van der Waals surface area contributed by atoms with E-state index in [4.69, 9.17) is 4.74 Å². The molecular formula is C23H25NO3. The van der Waals surface area contributed by atoms with E-state index in [-0.39, 0.29) is 11.9 Å². The summed E-state index contributed by atoms with van der Waals surface area (Å²) in [5.41, 5.74) is 0.672. The van der Waals surface area contributed by atoms with Crippen LogP contribution in [0.15, 0.2) is 60.7 Å². The van der Waals surface area contributed by atoms with Crippen LogP contribution in [0, 0.1) is 0 Å². The Balaban J connectivity index is 1.78. The predicted octanol–water partition coefficient (Wildman–Crippen LogP) is 4.10. The van der Waals surface area contributed by atoms with E-state index in [0.717, 1.165) is 42.6 Å². The van der Waals surface area contributed by atoms with Gasteiger partial charge in [-0.25, -0.2) is 0 Å². The highest BCUT2D eigenvalue weighted by atomic mass is 16.5. The number of aliphatic hydroxyl groups is 1. The van der Waals surface area contributed by atoms with Gasteiger partial charge < -0.3 is 9.84 Å². The molecule has 140 valence electrons. The molecule has 0 spiro atoms. The smallest absolute Gasteiger partial charge is 0.257 e. The van der Waals surface area contributed by atoms with Crippen molar-refractivity contribution in [2.45, 2.75) is 43.9 Å². The molecule has 1 fully saturated rings. The highest BCUT2D eigenvalue weighted by Gasteiger charge is 2.48. The van der Waals surface area contributed by atoms with E-state index in [1.807, 2.05) is 54.6 Å². The van der Waals surface area contributed by atoms with Gasteiger partial charge in [0.25, 0.3) is 5.91 Å². The Morgan fingerprint density at radius 3 is 2.30 bits per heavy atom. The molecule has 0 bridgehead atoms.